The number of ketones is 1. The van der Waals surface area contributed by atoms with Crippen LogP contribution in [0.1, 0.15) is 45.2 Å². The molecule has 0 radical (unpaired) electrons. The molecule has 0 aliphatic heterocycles. The molecule has 2 aromatic carbocycles. The molecule has 0 amide bonds. The largest absolute Gasteiger partial charge is 0.458 e. The van der Waals surface area contributed by atoms with E-state index in [9.17, 15) is 9.59 Å². The fourth-order valence-electron chi connectivity index (χ4n) is 2.49. The Kier molecular flexibility index (Phi) is 6.45. The highest BCUT2D eigenvalue weighted by Crippen LogP contribution is 2.17. The Morgan fingerprint density at radius 3 is 1.77 bits per heavy atom. The smallest absolute Gasteiger partial charge is 0.331 e. The highest BCUT2D eigenvalue weighted by molar-refractivity contribution is 6.13. The van der Waals surface area contributed by atoms with Crippen molar-refractivity contribution in [3.8, 4) is 0 Å². The van der Waals surface area contributed by atoms with Gasteiger partial charge in [-0.2, -0.15) is 0 Å². The second-order valence-electron chi connectivity index (χ2n) is 7.17. The topological polar surface area (TPSA) is 55.7 Å². The molecule has 2 rings (SSSR count). The lowest BCUT2D eigenvalue weighted by atomic mass is 10.0. The number of hydrogen-bond acceptors (Lipinski definition) is 4. The second-order valence-corrected chi connectivity index (χ2v) is 7.17. The first-order valence-electron chi connectivity index (χ1n) is 8.67. The third kappa shape index (κ3) is 5.96. The number of aliphatic imine (C=N–C) groups is 1. The lowest BCUT2D eigenvalue weighted by Crippen LogP contribution is -2.32. The van der Waals surface area contributed by atoms with Gasteiger partial charge in [0.2, 0.25) is 0 Å². The maximum atomic E-state index is 12.6. The third-order valence-electron chi connectivity index (χ3n) is 3.54. The molecule has 4 nitrogen and oxygen atoms in total. The minimum absolute atomic E-state index is 0.0120. The van der Waals surface area contributed by atoms with Crippen molar-refractivity contribution in [2.75, 3.05) is 0 Å². The van der Waals surface area contributed by atoms with E-state index in [2.05, 4.69) is 4.99 Å². The van der Waals surface area contributed by atoms with Crippen LogP contribution in [0.3, 0.4) is 0 Å². The molecule has 0 N–H and O–H groups in total. The second kappa shape index (κ2) is 8.56. The molecular weight excluding hydrogens is 326 g/mol. The van der Waals surface area contributed by atoms with E-state index in [1.54, 1.807) is 20.8 Å². The Labute approximate surface area is 154 Å². The first-order valence-corrected chi connectivity index (χ1v) is 8.67. The van der Waals surface area contributed by atoms with Gasteiger partial charge >= 0.3 is 5.97 Å². The molecule has 26 heavy (non-hydrogen) atoms. The van der Waals surface area contributed by atoms with Crippen molar-refractivity contribution in [1.82, 2.24) is 0 Å². The predicted octanol–water partition coefficient (Wildman–Crippen LogP) is 4.21. The molecule has 0 aliphatic rings. The van der Waals surface area contributed by atoms with Crippen LogP contribution in [0.15, 0.2) is 65.7 Å². The summed E-state index contributed by atoms with van der Waals surface area (Å²) in [5.41, 5.74) is 1.80. The van der Waals surface area contributed by atoms with Gasteiger partial charge in [0.15, 0.2) is 6.04 Å². The summed E-state index contributed by atoms with van der Waals surface area (Å²) in [5.74, 6) is -0.595. The zero-order valence-corrected chi connectivity index (χ0v) is 15.7. The van der Waals surface area contributed by atoms with E-state index in [0.717, 1.165) is 11.1 Å². The Balaban J connectivity index is 2.49. The Morgan fingerprint density at radius 2 is 1.38 bits per heavy atom. The first kappa shape index (κ1) is 19.6. The molecule has 0 bridgehead atoms. The zero-order chi connectivity index (χ0) is 19.2. The van der Waals surface area contributed by atoms with Crippen LogP contribution >= 0.6 is 0 Å². The van der Waals surface area contributed by atoms with Crippen molar-refractivity contribution >= 4 is 17.5 Å². The van der Waals surface area contributed by atoms with Crippen molar-refractivity contribution in [3.63, 3.8) is 0 Å². The maximum absolute atomic E-state index is 12.6. The SMILES string of the molecule is CC(=O)C[C@H](N=C(c1ccccc1)c1ccccc1)C(=O)OC(C)(C)C. The summed E-state index contributed by atoms with van der Waals surface area (Å²) in [7, 11) is 0. The van der Waals surface area contributed by atoms with Crippen molar-refractivity contribution in [3.05, 3.63) is 71.8 Å². The number of ether oxygens (including phenoxy) is 1. The standard InChI is InChI=1S/C22H25NO3/c1-16(24)15-19(21(25)26-22(2,3)4)23-20(17-11-7-5-8-12-17)18-13-9-6-10-14-18/h5-14,19H,15H2,1-4H3/t19-/m0/s1. The monoisotopic (exact) mass is 351 g/mol. The molecule has 0 saturated heterocycles. The van der Waals surface area contributed by atoms with Crippen LogP contribution in [0.25, 0.3) is 0 Å². The lowest BCUT2D eigenvalue weighted by molar-refractivity contribution is -0.157. The highest BCUT2D eigenvalue weighted by atomic mass is 16.6. The van der Waals surface area contributed by atoms with E-state index in [-0.39, 0.29) is 12.2 Å². The molecule has 0 aliphatic carbocycles. The van der Waals surface area contributed by atoms with E-state index in [4.69, 9.17) is 4.74 Å². The number of hydrogen-bond donors (Lipinski definition) is 0. The molecule has 0 fully saturated rings. The number of rotatable bonds is 6. The maximum Gasteiger partial charge on any atom is 0.331 e. The van der Waals surface area contributed by atoms with Crippen LogP contribution in [0.2, 0.25) is 0 Å². The van der Waals surface area contributed by atoms with Gasteiger partial charge in [-0.05, 0) is 27.7 Å². The summed E-state index contributed by atoms with van der Waals surface area (Å²) in [5, 5.41) is 0. The van der Waals surface area contributed by atoms with Gasteiger partial charge in [0, 0.05) is 17.5 Å². The zero-order valence-electron chi connectivity index (χ0n) is 15.7. The van der Waals surface area contributed by atoms with Crippen LogP contribution in [0.4, 0.5) is 0 Å². The van der Waals surface area contributed by atoms with Crippen LogP contribution in [0, 0.1) is 0 Å². The molecular formula is C22H25NO3. The Bertz CT molecular complexity index is 733. The van der Waals surface area contributed by atoms with E-state index in [0.29, 0.717) is 5.71 Å². The minimum Gasteiger partial charge on any atom is -0.458 e. The average molecular weight is 351 g/mol. The van der Waals surface area contributed by atoms with E-state index in [1.807, 2.05) is 60.7 Å². The number of Topliss-reactive ketones (excluding diaryl/α,β-unsaturated/α-hetero) is 1. The van der Waals surface area contributed by atoms with E-state index in [1.165, 1.54) is 6.92 Å². The summed E-state index contributed by atoms with van der Waals surface area (Å²) in [6, 6.07) is 18.4. The van der Waals surface area contributed by atoms with Gasteiger partial charge in [-0.3, -0.25) is 9.79 Å². The molecule has 0 unspecified atom stereocenters. The Morgan fingerprint density at radius 1 is 0.923 bits per heavy atom. The van der Waals surface area contributed by atoms with Gasteiger partial charge in [-0.25, -0.2) is 4.79 Å². The van der Waals surface area contributed by atoms with Gasteiger partial charge < -0.3 is 4.74 Å². The number of carbonyl (C=O) groups is 2. The average Bonchev–Trinajstić information content (AvgIpc) is 2.58. The van der Waals surface area contributed by atoms with Crippen molar-refractivity contribution in [1.29, 1.82) is 0 Å². The van der Waals surface area contributed by atoms with Gasteiger partial charge in [-0.1, -0.05) is 60.7 Å². The molecule has 0 heterocycles. The summed E-state index contributed by atoms with van der Waals surface area (Å²) >= 11 is 0. The Hall–Kier alpha value is -2.75. The molecule has 136 valence electrons. The van der Waals surface area contributed by atoms with Crippen molar-refractivity contribution in [2.45, 2.75) is 45.8 Å². The van der Waals surface area contributed by atoms with E-state index < -0.39 is 17.6 Å². The first-order chi connectivity index (χ1) is 12.3. The van der Waals surface area contributed by atoms with E-state index >= 15 is 0 Å². The molecule has 0 spiro atoms. The van der Waals surface area contributed by atoms with Gasteiger partial charge in [-0.15, -0.1) is 0 Å². The van der Waals surface area contributed by atoms with Crippen LogP contribution in [-0.2, 0) is 14.3 Å². The van der Waals surface area contributed by atoms with Gasteiger partial charge in [0.25, 0.3) is 0 Å². The molecule has 0 aromatic heterocycles. The fraction of sp³-hybridized carbons (Fsp3) is 0.318. The minimum atomic E-state index is -0.873. The quantitative estimate of drug-likeness (QED) is 0.578. The lowest BCUT2D eigenvalue weighted by Gasteiger charge is -2.22. The molecule has 2 aromatic rings. The molecule has 0 saturated carbocycles. The normalized spacial score (nSPS) is 12.2. The van der Waals surface area contributed by atoms with Gasteiger partial charge in [0.05, 0.1) is 5.71 Å². The fourth-order valence-corrected chi connectivity index (χ4v) is 2.49. The van der Waals surface area contributed by atoms with Crippen LogP contribution in [0.5, 0.6) is 0 Å². The number of nitrogens with zero attached hydrogens (tertiary/aromatic N) is 1. The summed E-state index contributed by atoms with van der Waals surface area (Å²) in [6.07, 6.45) is 0.0120. The highest BCUT2D eigenvalue weighted by Gasteiger charge is 2.27. The van der Waals surface area contributed by atoms with Crippen LogP contribution in [-0.4, -0.2) is 29.1 Å². The van der Waals surface area contributed by atoms with Crippen molar-refractivity contribution in [2.24, 2.45) is 4.99 Å². The summed E-state index contributed by atoms with van der Waals surface area (Å²) < 4.78 is 5.48. The predicted molar refractivity (Wildman–Crippen MR) is 103 cm³/mol. The summed E-state index contributed by atoms with van der Waals surface area (Å²) in [4.78, 5) is 29.0. The van der Waals surface area contributed by atoms with Crippen LogP contribution < -0.4 is 0 Å². The number of benzene rings is 2. The molecule has 1 atom stereocenters. The number of esters is 1. The summed E-state index contributed by atoms with van der Waals surface area (Å²) in [6.45, 7) is 6.86. The number of carbonyl (C=O) groups excluding carboxylic acids is 2. The third-order valence-corrected chi connectivity index (χ3v) is 3.54. The molecule has 4 heteroatoms. The van der Waals surface area contributed by atoms with Gasteiger partial charge in [0.1, 0.15) is 11.4 Å². The van der Waals surface area contributed by atoms with Crippen molar-refractivity contribution < 1.29 is 14.3 Å².